The zero-order valence-electron chi connectivity index (χ0n) is 19.6. The van der Waals surface area contributed by atoms with Crippen molar-refractivity contribution in [1.29, 1.82) is 0 Å². The van der Waals surface area contributed by atoms with Crippen LogP contribution in [-0.2, 0) is 6.42 Å². The standard InChI is InChI=1S/C25H31N7O2/c1-2-16-33-21-9-7-20(8-10-21)31-14-12-30(13-15-31)11-3-5-19-18-23-28-24(22-6-4-17-34-22)29-32(23)25(26)27-19/h4,6-10,17-18H,2-3,5,11-16H2,1H3,(H2,26,27). The highest BCUT2D eigenvalue weighted by molar-refractivity contribution is 5.54. The van der Waals surface area contributed by atoms with Crippen molar-refractivity contribution in [3.63, 3.8) is 0 Å². The highest BCUT2D eigenvalue weighted by Gasteiger charge is 2.17. The van der Waals surface area contributed by atoms with Crippen LogP contribution in [0.2, 0.25) is 0 Å². The molecule has 0 saturated carbocycles. The molecule has 0 amide bonds. The summed E-state index contributed by atoms with van der Waals surface area (Å²) < 4.78 is 12.6. The predicted molar refractivity (Wildman–Crippen MR) is 132 cm³/mol. The van der Waals surface area contributed by atoms with Crippen LogP contribution in [0.15, 0.2) is 53.1 Å². The molecule has 0 spiro atoms. The number of nitrogens with two attached hydrogens (primary N) is 1. The maximum atomic E-state index is 6.14. The zero-order chi connectivity index (χ0) is 23.3. The molecule has 4 aromatic rings. The van der Waals surface area contributed by atoms with Crippen molar-refractivity contribution in [3.05, 3.63) is 54.4 Å². The fraction of sp³-hybridized carbons (Fsp3) is 0.400. The van der Waals surface area contributed by atoms with Crippen molar-refractivity contribution < 1.29 is 9.15 Å². The van der Waals surface area contributed by atoms with Gasteiger partial charge in [0.15, 0.2) is 11.4 Å². The smallest absolute Gasteiger partial charge is 0.223 e. The second-order valence-corrected chi connectivity index (χ2v) is 8.56. The van der Waals surface area contributed by atoms with Crippen LogP contribution in [-0.4, -0.2) is 63.8 Å². The summed E-state index contributed by atoms with van der Waals surface area (Å²) in [5.74, 6) is 2.42. The van der Waals surface area contributed by atoms with Gasteiger partial charge in [0, 0.05) is 43.6 Å². The molecule has 3 aromatic heterocycles. The Kier molecular flexibility index (Phi) is 6.62. The first-order valence-electron chi connectivity index (χ1n) is 12.0. The molecule has 1 aromatic carbocycles. The van der Waals surface area contributed by atoms with Gasteiger partial charge in [-0.2, -0.15) is 4.52 Å². The summed E-state index contributed by atoms with van der Waals surface area (Å²) >= 11 is 0. The Balaban J connectivity index is 1.11. The molecule has 178 valence electrons. The maximum Gasteiger partial charge on any atom is 0.223 e. The Labute approximate surface area is 199 Å². The average Bonchev–Trinajstić information content (AvgIpc) is 3.54. The van der Waals surface area contributed by atoms with Crippen molar-refractivity contribution in [2.45, 2.75) is 26.2 Å². The molecular weight excluding hydrogens is 430 g/mol. The number of benzene rings is 1. The fourth-order valence-corrected chi connectivity index (χ4v) is 4.29. The minimum Gasteiger partial charge on any atom is -0.494 e. The molecule has 9 nitrogen and oxygen atoms in total. The van der Waals surface area contributed by atoms with Crippen LogP contribution in [0, 0.1) is 0 Å². The van der Waals surface area contributed by atoms with E-state index in [2.05, 4.69) is 56.1 Å². The number of hydrogen-bond acceptors (Lipinski definition) is 8. The number of hydrogen-bond donors (Lipinski definition) is 1. The van der Waals surface area contributed by atoms with Gasteiger partial charge >= 0.3 is 0 Å². The van der Waals surface area contributed by atoms with Gasteiger partial charge in [-0.3, -0.25) is 4.90 Å². The van der Waals surface area contributed by atoms with Crippen LogP contribution in [0.25, 0.3) is 17.2 Å². The van der Waals surface area contributed by atoms with Crippen LogP contribution in [0.4, 0.5) is 11.6 Å². The number of aromatic nitrogens is 4. The monoisotopic (exact) mass is 461 g/mol. The Morgan fingerprint density at radius 3 is 2.62 bits per heavy atom. The lowest BCUT2D eigenvalue weighted by atomic mass is 10.2. The Morgan fingerprint density at radius 1 is 1.06 bits per heavy atom. The molecular formula is C25H31N7O2. The molecule has 5 rings (SSSR count). The minimum absolute atomic E-state index is 0.345. The van der Waals surface area contributed by atoms with Crippen molar-refractivity contribution in [2.24, 2.45) is 0 Å². The first-order chi connectivity index (χ1) is 16.7. The normalized spacial score (nSPS) is 14.7. The molecule has 0 aliphatic carbocycles. The molecule has 1 fully saturated rings. The highest BCUT2D eigenvalue weighted by Crippen LogP contribution is 2.22. The third-order valence-corrected chi connectivity index (χ3v) is 6.10. The lowest BCUT2D eigenvalue weighted by Crippen LogP contribution is -2.46. The average molecular weight is 462 g/mol. The number of nitrogen functional groups attached to an aromatic ring is 1. The number of anilines is 2. The number of nitrogens with zero attached hydrogens (tertiary/aromatic N) is 6. The van der Waals surface area contributed by atoms with Crippen LogP contribution in [0.5, 0.6) is 5.75 Å². The summed E-state index contributed by atoms with van der Waals surface area (Å²) in [5.41, 5.74) is 9.03. The van der Waals surface area contributed by atoms with Crippen molar-refractivity contribution in [1.82, 2.24) is 24.5 Å². The zero-order valence-corrected chi connectivity index (χ0v) is 19.6. The van der Waals surface area contributed by atoms with Gasteiger partial charge in [-0.15, -0.1) is 5.10 Å². The summed E-state index contributed by atoms with van der Waals surface area (Å²) in [6.07, 6.45) is 4.50. The van der Waals surface area contributed by atoms with Crippen molar-refractivity contribution in [3.8, 4) is 17.3 Å². The minimum atomic E-state index is 0.345. The quantitative estimate of drug-likeness (QED) is 0.404. The molecule has 1 aliphatic rings. The lowest BCUT2D eigenvalue weighted by molar-refractivity contribution is 0.255. The number of rotatable bonds is 9. The number of furan rings is 1. The molecule has 34 heavy (non-hydrogen) atoms. The Morgan fingerprint density at radius 2 is 1.88 bits per heavy atom. The first kappa shape index (κ1) is 22.2. The molecule has 0 atom stereocenters. The highest BCUT2D eigenvalue weighted by atomic mass is 16.5. The number of aryl methyl sites for hydroxylation is 1. The third kappa shape index (κ3) is 4.99. The van der Waals surface area contributed by atoms with E-state index in [4.69, 9.17) is 14.9 Å². The van der Waals surface area contributed by atoms with E-state index in [0.29, 0.717) is 23.2 Å². The van der Waals surface area contributed by atoms with Crippen molar-refractivity contribution >= 4 is 17.3 Å². The third-order valence-electron chi connectivity index (χ3n) is 6.10. The van der Waals surface area contributed by atoms with E-state index >= 15 is 0 Å². The summed E-state index contributed by atoms with van der Waals surface area (Å²) in [7, 11) is 0. The molecule has 9 heteroatoms. The number of piperazine rings is 1. The van der Waals surface area contributed by atoms with Crippen LogP contribution < -0.4 is 15.4 Å². The van der Waals surface area contributed by atoms with E-state index in [1.54, 1.807) is 10.8 Å². The van der Waals surface area contributed by atoms with Crippen LogP contribution >= 0.6 is 0 Å². The Bertz CT molecular complexity index is 1200. The molecule has 2 N–H and O–H groups in total. The summed E-state index contributed by atoms with van der Waals surface area (Å²) in [6.45, 7) is 8.09. The van der Waals surface area contributed by atoms with Gasteiger partial charge in [-0.25, -0.2) is 9.97 Å². The van der Waals surface area contributed by atoms with Crippen molar-refractivity contribution in [2.75, 3.05) is 50.0 Å². The van der Waals surface area contributed by atoms with Gasteiger partial charge < -0.3 is 19.8 Å². The number of ether oxygens (including phenoxy) is 1. The predicted octanol–water partition coefficient (Wildman–Crippen LogP) is 3.51. The second kappa shape index (κ2) is 10.1. The summed E-state index contributed by atoms with van der Waals surface area (Å²) in [4.78, 5) is 14.0. The van der Waals surface area contributed by atoms with E-state index in [1.807, 2.05) is 18.2 Å². The van der Waals surface area contributed by atoms with Gasteiger partial charge in [0.25, 0.3) is 0 Å². The van der Waals surface area contributed by atoms with Gasteiger partial charge in [0.1, 0.15) is 5.75 Å². The SMILES string of the molecule is CCCOc1ccc(N2CCN(CCCc3cc4nc(-c5ccco5)nn4c(N)n3)CC2)cc1. The van der Waals surface area contributed by atoms with Gasteiger partial charge in [0.05, 0.1) is 12.9 Å². The molecule has 0 radical (unpaired) electrons. The topological polar surface area (TPSA) is 98.0 Å². The van der Waals surface area contributed by atoms with Crippen LogP contribution in [0.1, 0.15) is 25.5 Å². The fourth-order valence-electron chi connectivity index (χ4n) is 4.29. The van der Waals surface area contributed by atoms with Gasteiger partial charge in [-0.1, -0.05) is 6.92 Å². The van der Waals surface area contributed by atoms with E-state index in [9.17, 15) is 0 Å². The largest absolute Gasteiger partial charge is 0.494 e. The summed E-state index contributed by atoms with van der Waals surface area (Å²) in [5, 5.41) is 4.40. The van der Waals surface area contributed by atoms with E-state index in [0.717, 1.165) is 70.0 Å². The lowest BCUT2D eigenvalue weighted by Gasteiger charge is -2.36. The number of fused-ring (bicyclic) bond motifs is 1. The van der Waals surface area contributed by atoms with E-state index in [-0.39, 0.29) is 0 Å². The second-order valence-electron chi connectivity index (χ2n) is 8.56. The first-order valence-corrected chi connectivity index (χ1v) is 12.0. The van der Waals surface area contributed by atoms with E-state index in [1.165, 1.54) is 5.69 Å². The molecule has 1 saturated heterocycles. The molecule has 0 unspecified atom stereocenters. The molecule has 4 heterocycles. The van der Waals surface area contributed by atoms with E-state index < -0.39 is 0 Å². The summed E-state index contributed by atoms with van der Waals surface area (Å²) in [6, 6.07) is 14.1. The maximum absolute atomic E-state index is 6.14. The molecule has 1 aliphatic heterocycles. The Hall–Kier alpha value is -3.59. The van der Waals surface area contributed by atoms with Crippen LogP contribution in [0.3, 0.4) is 0 Å². The molecule has 0 bridgehead atoms. The van der Waals surface area contributed by atoms with Gasteiger partial charge in [-0.05, 0) is 62.2 Å². The van der Waals surface area contributed by atoms with Gasteiger partial charge in [0.2, 0.25) is 11.8 Å².